The van der Waals surface area contributed by atoms with Crippen molar-refractivity contribution >= 4 is 0 Å². The Bertz CT molecular complexity index is 386. The first-order valence-electron chi connectivity index (χ1n) is 4.54. The molecular weight excluding hydrogens is 196 g/mol. The number of aliphatic hydroxyl groups is 1. The highest BCUT2D eigenvalue weighted by atomic mass is 16.7. The van der Waals surface area contributed by atoms with E-state index < -0.39 is 6.10 Å². The Hall–Kier alpha value is -1.68. The normalized spacial score (nSPS) is 14.8. The van der Waals surface area contributed by atoms with Gasteiger partial charge in [0.2, 0.25) is 12.5 Å². The fourth-order valence-electron chi connectivity index (χ4n) is 1.46. The maximum Gasteiger partial charge on any atom is 0.231 e. The zero-order chi connectivity index (χ0) is 10.8. The van der Waals surface area contributed by atoms with Crippen molar-refractivity contribution in [1.29, 1.82) is 0 Å². The molecule has 80 valence electrons. The summed E-state index contributed by atoms with van der Waals surface area (Å²) in [7, 11) is 1.54. The third-order valence-corrected chi connectivity index (χ3v) is 2.25. The third-order valence-electron chi connectivity index (χ3n) is 2.25. The van der Waals surface area contributed by atoms with E-state index in [9.17, 15) is 5.11 Å². The maximum absolute atomic E-state index is 9.61. The maximum atomic E-state index is 9.61. The van der Waals surface area contributed by atoms with E-state index in [1.54, 1.807) is 19.2 Å². The number of hydrogen-bond donors (Lipinski definition) is 1. The van der Waals surface area contributed by atoms with Crippen LogP contribution < -0.4 is 14.2 Å². The number of fused-ring (bicyclic) bond motifs is 1. The Labute approximate surface area is 87.7 Å². The van der Waals surface area contributed by atoms with Crippen LogP contribution in [0.25, 0.3) is 0 Å². The Balaban J connectivity index is 2.47. The number of rotatable bonds is 3. The minimum absolute atomic E-state index is 0.180. The second kappa shape index (κ2) is 3.82. The molecule has 2 rings (SSSR count). The zero-order valence-electron chi connectivity index (χ0n) is 8.40. The number of methoxy groups -OCH3 is 1. The lowest BCUT2D eigenvalue weighted by Gasteiger charge is -2.10. The molecule has 0 radical (unpaired) electrons. The Morgan fingerprint density at radius 3 is 3.00 bits per heavy atom. The van der Waals surface area contributed by atoms with Gasteiger partial charge in [-0.2, -0.15) is 0 Å². The summed E-state index contributed by atoms with van der Waals surface area (Å²) in [5.41, 5.74) is 0.672. The minimum Gasteiger partial charge on any atom is -0.493 e. The van der Waals surface area contributed by atoms with Crippen LogP contribution in [0.3, 0.4) is 0 Å². The molecule has 1 aliphatic rings. The predicted octanol–water partition coefficient (Wildman–Crippen LogP) is 1.64. The van der Waals surface area contributed by atoms with E-state index >= 15 is 0 Å². The molecule has 0 amide bonds. The second-order valence-corrected chi connectivity index (χ2v) is 3.14. The van der Waals surface area contributed by atoms with E-state index in [0.717, 1.165) is 0 Å². The number of benzene rings is 1. The molecule has 1 heterocycles. The fourth-order valence-corrected chi connectivity index (χ4v) is 1.46. The standard InChI is InChI=1S/C11H12O4/c1-3-8(12)7-4-9(13-2)11-10(5-7)14-6-15-11/h3-5,8,12H,1,6H2,2H3/t8-/m1/s1. The van der Waals surface area contributed by atoms with Crippen molar-refractivity contribution in [3.8, 4) is 17.2 Å². The van der Waals surface area contributed by atoms with Gasteiger partial charge in [-0.15, -0.1) is 6.58 Å². The van der Waals surface area contributed by atoms with Crippen LogP contribution in [0.1, 0.15) is 11.7 Å². The molecular formula is C11H12O4. The molecule has 0 unspecified atom stereocenters. The van der Waals surface area contributed by atoms with Crippen molar-refractivity contribution in [3.05, 3.63) is 30.4 Å². The first-order chi connectivity index (χ1) is 7.26. The van der Waals surface area contributed by atoms with Crippen molar-refractivity contribution in [2.45, 2.75) is 6.10 Å². The van der Waals surface area contributed by atoms with Gasteiger partial charge in [0.15, 0.2) is 11.5 Å². The van der Waals surface area contributed by atoms with Gasteiger partial charge >= 0.3 is 0 Å². The Kier molecular flexibility index (Phi) is 2.51. The van der Waals surface area contributed by atoms with Gasteiger partial charge in [-0.05, 0) is 17.7 Å². The highest BCUT2D eigenvalue weighted by molar-refractivity contribution is 5.55. The van der Waals surface area contributed by atoms with Crippen molar-refractivity contribution < 1.29 is 19.3 Å². The van der Waals surface area contributed by atoms with Crippen LogP contribution in [0.2, 0.25) is 0 Å². The van der Waals surface area contributed by atoms with Crippen LogP contribution >= 0.6 is 0 Å². The molecule has 0 fully saturated rings. The molecule has 0 bridgehead atoms. The van der Waals surface area contributed by atoms with Gasteiger partial charge in [0.05, 0.1) is 13.2 Å². The summed E-state index contributed by atoms with van der Waals surface area (Å²) >= 11 is 0. The van der Waals surface area contributed by atoms with Crippen LogP contribution in [-0.2, 0) is 0 Å². The summed E-state index contributed by atoms with van der Waals surface area (Å²) in [5.74, 6) is 1.73. The molecule has 1 N–H and O–H groups in total. The molecule has 4 heteroatoms. The first kappa shape index (κ1) is 9.86. The van der Waals surface area contributed by atoms with Crippen LogP contribution in [-0.4, -0.2) is 19.0 Å². The zero-order valence-corrected chi connectivity index (χ0v) is 8.40. The van der Waals surface area contributed by atoms with Crippen molar-refractivity contribution in [3.63, 3.8) is 0 Å². The van der Waals surface area contributed by atoms with Gasteiger partial charge in [0.1, 0.15) is 0 Å². The second-order valence-electron chi connectivity index (χ2n) is 3.14. The van der Waals surface area contributed by atoms with Crippen molar-refractivity contribution in [2.24, 2.45) is 0 Å². The SMILES string of the molecule is C=C[C@@H](O)c1cc(OC)c2c(c1)OCO2. The molecule has 0 aromatic heterocycles. The van der Waals surface area contributed by atoms with Crippen LogP contribution in [0, 0.1) is 0 Å². The lowest BCUT2D eigenvalue weighted by Crippen LogP contribution is -1.94. The lowest BCUT2D eigenvalue weighted by atomic mass is 10.1. The van der Waals surface area contributed by atoms with E-state index in [0.29, 0.717) is 22.8 Å². The van der Waals surface area contributed by atoms with E-state index in [2.05, 4.69) is 6.58 Å². The molecule has 0 aliphatic carbocycles. The average Bonchev–Trinajstić information content (AvgIpc) is 2.74. The van der Waals surface area contributed by atoms with Crippen molar-refractivity contribution in [1.82, 2.24) is 0 Å². The van der Waals surface area contributed by atoms with Gasteiger partial charge in [-0.1, -0.05) is 6.08 Å². The summed E-state index contributed by atoms with van der Waals surface area (Å²) in [5, 5.41) is 9.61. The van der Waals surface area contributed by atoms with Gasteiger partial charge in [0, 0.05) is 0 Å². The minimum atomic E-state index is -0.728. The monoisotopic (exact) mass is 208 g/mol. The molecule has 4 nitrogen and oxygen atoms in total. The molecule has 0 saturated carbocycles. The smallest absolute Gasteiger partial charge is 0.231 e. The summed E-state index contributed by atoms with van der Waals surface area (Å²) < 4.78 is 15.6. The van der Waals surface area contributed by atoms with Gasteiger partial charge in [-0.25, -0.2) is 0 Å². The molecule has 0 saturated heterocycles. The van der Waals surface area contributed by atoms with Gasteiger partial charge in [0.25, 0.3) is 0 Å². The average molecular weight is 208 g/mol. The molecule has 0 spiro atoms. The summed E-state index contributed by atoms with van der Waals surface area (Å²) in [6.07, 6.45) is 0.713. The number of aliphatic hydroxyl groups excluding tert-OH is 1. The highest BCUT2D eigenvalue weighted by Gasteiger charge is 2.21. The highest BCUT2D eigenvalue weighted by Crippen LogP contribution is 2.42. The predicted molar refractivity (Wildman–Crippen MR) is 54.3 cm³/mol. The quantitative estimate of drug-likeness (QED) is 0.767. The lowest BCUT2D eigenvalue weighted by molar-refractivity contribution is 0.171. The molecule has 1 aromatic carbocycles. The Morgan fingerprint density at radius 1 is 1.53 bits per heavy atom. The summed E-state index contributed by atoms with van der Waals surface area (Å²) in [6.45, 7) is 3.70. The number of ether oxygens (including phenoxy) is 3. The molecule has 15 heavy (non-hydrogen) atoms. The van der Waals surface area contributed by atoms with E-state index in [-0.39, 0.29) is 6.79 Å². The Morgan fingerprint density at radius 2 is 2.33 bits per heavy atom. The van der Waals surface area contributed by atoms with Crippen molar-refractivity contribution in [2.75, 3.05) is 13.9 Å². The van der Waals surface area contributed by atoms with Gasteiger partial charge in [-0.3, -0.25) is 0 Å². The van der Waals surface area contributed by atoms with Crippen LogP contribution in [0.15, 0.2) is 24.8 Å². The van der Waals surface area contributed by atoms with Crippen LogP contribution in [0.5, 0.6) is 17.2 Å². The van der Waals surface area contributed by atoms with E-state index in [1.165, 1.54) is 6.08 Å². The third kappa shape index (κ3) is 1.64. The van der Waals surface area contributed by atoms with E-state index in [4.69, 9.17) is 14.2 Å². The summed E-state index contributed by atoms with van der Waals surface area (Å²) in [6, 6.07) is 3.43. The largest absolute Gasteiger partial charge is 0.493 e. The van der Waals surface area contributed by atoms with Gasteiger partial charge < -0.3 is 19.3 Å². The topological polar surface area (TPSA) is 47.9 Å². The van der Waals surface area contributed by atoms with E-state index in [1.807, 2.05) is 0 Å². The molecule has 1 atom stereocenters. The first-order valence-corrected chi connectivity index (χ1v) is 4.54. The number of hydrogen-bond acceptors (Lipinski definition) is 4. The molecule has 1 aliphatic heterocycles. The van der Waals surface area contributed by atoms with Crippen LogP contribution in [0.4, 0.5) is 0 Å². The summed E-state index contributed by atoms with van der Waals surface area (Å²) in [4.78, 5) is 0. The fraction of sp³-hybridized carbons (Fsp3) is 0.273. The molecule has 1 aromatic rings.